The van der Waals surface area contributed by atoms with Gasteiger partial charge in [0.25, 0.3) is 5.91 Å². The Morgan fingerprint density at radius 3 is 1.81 bits per heavy atom. The van der Waals surface area contributed by atoms with Crippen molar-refractivity contribution in [1.82, 2.24) is 25.8 Å². The summed E-state index contributed by atoms with van der Waals surface area (Å²) in [4.78, 5) is 82.8. The minimum Gasteiger partial charge on any atom is -0.480 e. The van der Waals surface area contributed by atoms with Gasteiger partial charge in [0, 0.05) is 26.2 Å². The molecule has 1 rings (SSSR count). The summed E-state index contributed by atoms with van der Waals surface area (Å²) in [6, 6.07) is 8.78. The lowest BCUT2D eigenvalue weighted by atomic mass is 9.97. The number of carboxylic acid groups (broad SMARTS) is 1. The summed E-state index contributed by atoms with van der Waals surface area (Å²) in [5, 5.41) is 15.8. The summed E-state index contributed by atoms with van der Waals surface area (Å²) in [6.45, 7) is 31.2. The molecular formula is C48H87N5O9. The van der Waals surface area contributed by atoms with Crippen molar-refractivity contribution in [2.75, 3.05) is 40.3 Å². The number of allylic oxidation sites excluding steroid dienone is 3. The van der Waals surface area contributed by atoms with Crippen molar-refractivity contribution in [1.29, 1.82) is 0 Å². The number of aryl methyl sites for hydroxylation is 1. The van der Waals surface area contributed by atoms with Crippen LogP contribution in [-0.2, 0) is 38.3 Å². The maximum atomic E-state index is 12.0. The molecule has 14 heteroatoms. The standard InChI is InChI=1S/C21H36N2O4.C12H21N3O5.C7H8.C4H10.2C2H6/c1-8-15(3)13-16(4)11-10-12-17(5)21(26)27-14-19(24)22-18(6)20(25)23(7)9-2;1-4-8(2)11(12(20)13-5-10(18)19)14-9(17)6-15(3)7-16;1-7-5-3-2-4-6-7;1-4(2)3;2*1-2/h8,12,16,18H,9-11,13-14H2,1-7H3,(H,22,24);7-8,11H,4-6H2,1-3H3,(H,13,20)(H,14,17)(H,18,19);2-6H,1H3;4H,1-3H3;2*1-2H3/b15-8+,17-12+;;;;;. The van der Waals surface area contributed by atoms with Crippen LogP contribution in [0.2, 0.25) is 0 Å². The van der Waals surface area contributed by atoms with Gasteiger partial charge >= 0.3 is 11.9 Å². The number of hydrogen-bond donors (Lipinski definition) is 4. The van der Waals surface area contributed by atoms with Crippen LogP contribution in [0.4, 0.5) is 0 Å². The van der Waals surface area contributed by atoms with Gasteiger partial charge in [0.2, 0.25) is 24.1 Å². The molecule has 0 heterocycles. The van der Waals surface area contributed by atoms with Crippen LogP contribution >= 0.6 is 0 Å². The van der Waals surface area contributed by atoms with E-state index in [0.717, 1.165) is 30.1 Å². The van der Waals surface area contributed by atoms with E-state index in [9.17, 15) is 33.6 Å². The van der Waals surface area contributed by atoms with Crippen LogP contribution in [0.1, 0.15) is 135 Å². The van der Waals surface area contributed by atoms with Crippen molar-refractivity contribution in [3.63, 3.8) is 0 Å². The summed E-state index contributed by atoms with van der Waals surface area (Å²) in [7, 11) is 3.11. The zero-order valence-corrected chi connectivity index (χ0v) is 41.8. The SMILES string of the molecule is C/C=C(\C)CC(C)CC/C=C(\C)C(=O)OCC(=O)NC(C)C(=O)N(C)CC.CC.CC.CC(C)C.CCC(C)C(NC(=O)CN(C)C=O)C(=O)NCC(=O)O.Cc1ccccc1. The molecule has 0 spiro atoms. The van der Waals surface area contributed by atoms with E-state index in [1.807, 2.05) is 72.7 Å². The van der Waals surface area contributed by atoms with E-state index in [-0.39, 0.29) is 18.4 Å². The second-order valence-electron chi connectivity index (χ2n) is 15.1. The number of carboxylic acids is 1. The molecule has 1 aromatic rings. The molecule has 0 aromatic heterocycles. The molecule has 14 nitrogen and oxygen atoms in total. The molecule has 4 atom stereocenters. The third-order valence-corrected chi connectivity index (χ3v) is 8.27. The molecule has 62 heavy (non-hydrogen) atoms. The highest BCUT2D eigenvalue weighted by Crippen LogP contribution is 2.17. The average molecular weight is 878 g/mol. The van der Waals surface area contributed by atoms with E-state index in [1.165, 1.54) is 23.1 Å². The maximum absolute atomic E-state index is 12.0. The van der Waals surface area contributed by atoms with Crippen LogP contribution in [0.3, 0.4) is 0 Å². The van der Waals surface area contributed by atoms with Gasteiger partial charge in [0.05, 0.1) is 6.54 Å². The number of rotatable bonds is 20. The minimum atomic E-state index is -1.16. The van der Waals surface area contributed by atoms with Crippen LogP contribution in [0.25, 0.3) is 0 Å². The van der Waals surface area contributed by atoms with Crippen LogP contribution in [-0.4, -0.2) is 109 Å². The van der Waals surface area contributed by atoms with Crippen LogP contribution in [0.15, 0.2) is 53.6 Å². The van der Waals surface area contributed by atoms with Gasteiger partial charge in [-0.25, -0.2) is 4.79 Å². The molecule has 0 saturated carbocycles. The second-order valence-corrected chi connectivity index (χ2v) is 15.1. The van der Waals surface area contributed by atoms with Gasteiger partial charge in [0.15, 0.2) is 6.61 Å². The summed E-state index contributed by atoms with van der Waals surface area (Å²) in [5.74, 6) is -2.14. The molecule has 0 bridgehead atoms. The first-order chi connectivity index (χ1) is 29.1. The number of likely N-dealkylation sites (N-methyl/N-ethyl adjacent to an activating group) is 2. The summed E-state index contributed by atoms with van der Waals surface area (Å²) < 4.78 is 5.02. The topological polar surface area (TPSA) is 192 Å². The van der Waals surface area contributed by atoms with E-state index >= 15 is 0 Å². The summed E-state index contributed by atoms with van der Waals surface area (Å²) >= 11 is 0. The minimum absolute atomic E-state index is 0.158. The van der Waals surface area contributed by atoms with Crippen molar-refractivity contribution in [3.8, 4) is 0 Å². The lowest BCUT2D eigenvalue weighted by Crippen LogP contribution is -2.52. The van der Waals surface area contributed by atoms with Gasteiger partial charge in [-0.3, -0.25) is 28.8 Å². The molecule has 0 aliphatic rings. The molecular weight excluding hydrogens is 791 g/mol. The molecule has 4 N–H and O–H groups in total. The number of benzene rings is 1. The second kappa shape index (κ2) is 42.7. The Balaban J connectivity index is -0.000000267. The third-order valence-electron chi connectivity index (χ3n) is 8.27. The van der Waals surface area contributed by atoms with Crippen molar-refractivity contribution in [3.05, 3.63) is 59.2 Å². The Bertz CT molecular complexity index is 1430. The number of nitrogens with zero attached hydrogens (tertiary/aromatic N) is 2. The fourth-order valence-corrected chi connectivity index (χ4v) is 4.51. The highest BCUT2D eigenvalue weighted by molar-refractivity contribution is 5.92. The van der Waals surface area contributed by atoms with E-state index in [1.54, 1.807) is 27.8 Å². The van der Waals surface area contributed by atoms with Crippen LogP contribution in [0, 0.1) is 24.7 Å². The predicted molar refractivity (Wildman–Crippen MR) is 253 cm³/mol. The largest absolute Gasteiger partial charge is 0.480 e. The van der Waals surface area contributed by atoms with Crippen molar-refractivity contribution < 1.29 is 43.4 Å². The normalized spacial score (nSPS) is 12.2. The van der Waals surface area contributed by atoms with Gasteiger partial charge < -0.3 is 35.6 Å². The number of amides is 5. The molecule has 5 amide bonds. The summed E-state index contributed by atoms with van der Waals surface area (Å²) in [5.41, 5.74) is 3.18. The highest BCUT2D eigenvalue weighted by Gasteiger charge is 2.26. The Hall–Kier alpha value is -5.01. The number of carbonyl (C=O) groups is 7. The van der Waals surface area contributed by atoms with Crippen molar-refractivity contribution in [2.45, 2.75) is 149 Å². The van der Waals surface area contributed by atoms with Gasteiger partial charge in [-0.2, -0.15) is 0 Å². The first-order valence-corrected chi connectivity index (χ1v) is 22.0. The quantitative estimate of drug-likeness (QED) is 0.0439. The van der Waals surface area contributed by atoms with E-state index in [0.29, 0.717) is 30.9 Å². The predicted octanol–water partition coefficient (Wildman–Crippen LogP) is 7.75. The molecule has 0 fully saturated rings. The fourth-order valence-electron chi connectivity index (χ4n) is 4.51. The molecule has 0 aliphatic carbocycles. The number of nitrogens with one attached hydrogen (secondary N) is 3. The lowest BCUT2D eigenvalue weighted by molar-refractivity contribution is -0.145. The monoisotopic (exact) mass is 878 g/mol. The average Bonchev–Trinajstić information content (AvgIpc) is 3.24. The van der Waals surface area contributed by atoms with Crippen molar-refractivity contribution in [2.24, 2.45) is 17.8 Å². The van der Waals surface area contributed by atoms with E-state index < -0.39 is 54.9 Å². The number of hydrogen-bond acceptors (Lipinski definition) is 8. The Morgan fingerprint density at radius 2 is 1.39 bits per heavy atom. The number of esters is 1. The molecule has 0 radical (unpaired) electrons. The molecule has 1 aromatic carbocycles. The zero-order valence-electron chi connectivity index (χ0n) is 41.8. The van der Waals surface area contributed by atoms with E-state index in [4.69, 9.17) is 9.84 Å². The molecule has 358 valence electrons. The first-order valence-electron chi connectivity index (χ1n) is 22.0. The highest BCUT2D eigenvalue weighted by atomic mass is 16.5. The van der Waals surface area contributed by atoms with Crippen LogP contribution in [0.5, 0.6) is 0 Å². The van der Waals surface area contributed by atoms with Gasteiger partial charge in [-0.15, -0.1) is 0 Å². The maximum Gasteiger partial charge on any atom is 0.333 e. The lowest BCUT2D eigenvalue weighted by Gasteiger charge is -2.24. The molecule has 0 saturated heterocycles. The summed E-state index contributed by atoms with van der Waals surface area (Å²) in [6.07, 6.45) is 7.94. The molecule has 0 aliphatic heterocycles. The number of carbonyl (C=O) groups excluding carboxylic acids is 6. The third kappa shape index (κ3) is 40.4. The number of ether oxygens (including phenoxy) is 1. The van der Waals surface area contributed by atoms with Gasteiger partial charge in [-0.1, -0.05) is 129 Å². The molecule has 4 unspecified atom stereocenters. The number of aliphatic carboxylic acids is 1. The Morgan fingerprint density at radius 1 is 0.855 bits per heavy atom. The Kier molecular flexibility index (Phi) is 45.5. The van der Waals surface area contributed by atoms with Gasteiger partial charge in [0.1, 0.15) is 18.6 Å². The first kappa shape index (κ1) is 66.1. The van der Waals surface area contributed by atoms with Crippen molar-refractivity contribution >= 4 is 42.0 Å². The smallest absolute Gasteiger partial charge is 0.333 e. The van der Waals surface area contributed by atoms with E-state index in [2.05, 4.69) is 75.7 Å². The zero-order chi connectivity index (χ0) is 49.4. The van der Waals surface area contributed by atoms with Gasteiger partial charge in [-0.05, 0) is 78.6 Å². The fraction of sp³-hybridized carbons (Fsp3) is 0.646. The Labute approximate surface area is 376 Å². The van der Waals surface area contributed by atoms with Crippen LogP contribution < -0.4 is 16.0 Å².